The second-order valence-corrected chi connectivity index (χ2v) is 5.44. The summed E-state index contributed by atoms with van der Waals surface area (Å²) in [4.78, 5) is 8.97. The van der Waals surface area contributed by atoms with Crippen molar-refractivity contribution in [2.75, 3.05) is 31.6 Å². The van der Waals surface area contributed by atoms with Crippen molar-refractivity contribution in [1.82, 2.24) is 9.88 Å². The molecule has 2 rings (SSSR count). The minimum absolute atomic E-state index is 0.0786. The molecule has 1 fully saturated rings. The Hall–Kier alpha value is -1.62. The van der Waals surface area contributed by atoms with E-state index in [9.17, 15) is 0 Å². The molecule has 1 aliphatic heterocycles. The summed E-state index contributed by atoms with van der Waals surface area (Å²) in [5.41, 5.74) is 6.44. The second-order valence-electron chi connectivity index (χ2n) is 5.44. The van der Waals surface area contributed by atoms with Crippen LogP contribution in [-0.4, -0.2) is 47.9 Å². The molecule has 1 saturated heterocycles. The Balaban J connectivity index is 2.30. The van der Waals surface area contributed by atoms with E-state index in [1.165, 1.54) is 0 Å². The predicted molar refractivity (Wildman–Crippen MR) is 74.2 cm³/mol. The quantitative estimate of drug-likeness (QED) is 0.601. The molecule has 3 N–H and O–H groups in total. The van der Waals surface area contributed by atoms with E-state index in [0.717, 1.165) is 31.0 Å². The molecule has 0 spiro atoms. The summed E-state index contributed by atoms with van der Waals surface area (Å²) in [7, 11) is 2.14. The van der Waals surface area contributed by atoms with Crippen LogP contribution < -0.4 is 10.6 Å². The molecule has 0 radical (unpaired) electrons. The van der Waals surface area contributed by atoms with Gasteiger partial charge in [-0.1, -0.05) is 0 Å². The zero-order valence-electron chi connectivity index (χ0n) is 11.3. The van der Waals surface area contributed by atoms with Crippen LogP contribution in [0.25, 0.3) is 0 Å². The third kappa shape index (κ3) is 2.31. The molecule has 18 heavy (non-hydrogen) atoms. The highest BCUT2D eigenvalue weighted by molar-refractivity contribution is 5.99. The van der Waals surface area contributed by atoms with Gasteiger partial charge in [-0.05, 0) is 33.0 Å². The highest BCUT2D eigenvalue weighted by Crippen LogP contribution is 2.25. The van der Waals surface area contributed by atoms with Crippen LogP contribution in [0.3, 0.4) is 0 Å². The molecule has 1 aromatic heterocycles. The van der Waals surface area contributed by atoms with E-state index >= 15 is 0 Å². The molecule has 0 atom stereocenters. The Kier molecular flexibility index (Phi) is 3.26. The third-order valence-corrected chi connectivity index (χ3v) is 3.69. The van der Waals surface area contributed by atoms with Crippen molar-refractivity contribution in [2.45, 2.75) is 19.4 Å². The van der Waals surface area contributed by atoms with Crippen molar-refractivity contribution in [3.05, 3.63) is 23.9 Å². The first-order chi connectivity index (χ1) is 8.42. The molecule has 0 amide bonds. The average Bonchev–Trinajstić information content (AvgIpc) is 2.32. The van der Waals surface area contributed by atoms with Gasteiger partial charge in [0.05, 0.1) is 5.56 Å². The summed E-state index contributed by atoms with van der Waals surface area (Å²) < 4.78 is 0. The number of anilines is 1. The van der Waals surface area contributed by atoms with E-state index in [4.69, 9.17) is 11.1 Å². The SMILES string of the molecule is CN1CCN(c2ncccc2C(=N)N)CC1(C)C. The van der Waals surface area contributed by atoms with Crippen LogP contribution in [0.2, 0.25) is 0 Å². The van der Waals surface area contributed by atoms with Gasteiger partial charge in [0.1, 0.15) is 11.7 Å². The van der Waals surface area contributed by atoms with Gasteiger partial charge in [0.25, 0.3) is 0 Å². The number of nitrogens with one attached hydrogen (secondary N) is 1. The highest BCUT2D eigenvalue weighted by atomic mass is 15.3. The van der Waals surface area contributed by atoms with Crippen molar-refractivity contribution >= 4 is 11.7 Å². The maximum Gasteiger partial charge on any atom is 0.139 e. The standard InChI is InChI=1S/C13H21N5/c1-13(2)9-18(8-7-17(13)3)12-10(11(14)15)5-4-6-16-12/h4-6H,7-9H2,1-3H3,(H3,14,15). The maximum atomic E-state index is 7.63. The molecule has 0 aliphatic carbocycles. The third-order valence-electron chi connectivity index (χ3n) is 3.69. The highest BCUT2D eigenvalue weighted by Gasteiger charge is 2.32. The fraction of sp³-hybridized carbons (Fsp3) is 0.538. The van der Waals surface area contributed by atoms with Crippen molar-refractivity contribution in [3.63, 3.8) is 0 Å². The van der Waals surface area contributed by atoms with E-state index in [-0.39, 0.29) is 11.4 Å². The Morgan fingerprint density at radius 2 is 2.17 bits per heavy atom. The fourth-order valence-electron chi connectivity index (χ4n) is 2.28. The van der Waals surface area contributed by atoms with Crippen molar-refractivity contribution in [3.8, 4) is 0 Å². The molecular weight excluding hydrogens is 226 g/mol. The van der Waals surface area contributed by atoms with Crippen LogP contribution in [0.15, 0.2) is 18.3 Å². The number of pyridine rings is 1. The molecule has 5 nitrogen and oxygen atoms in total. The van der Waals surface area contributed by atoms with Crippen molar-refractivity contribution < 1.29 is 0 Å². The molecule has 0 saturated carbocycles. The minimum Gasteiger partial charge on any atom is -0.384 e. The van der Waals surface area contributed by atoms with Gasteiger partial charge in [-0.3, -0.25) is 10.3 Å². The van der Waals surface area contributed by atoms with Gasteiger partial charge < -0.3 is 10.6 Å². The molecule has 2 heterocycles. The lowest BCUT2D eigenvalue weighted by Gasteiger charge is -2.46. The van der Waals surface area contributed by atoms with Crippen LogP contribution in [0.5, 0.6) is 0 Å². The van der Waals surface area contributed by atoms with E-state index < -0.39 is 0 Å². The number of nitrogen functional groups attached to an aromatic ring is 1. The normalized spacial score (nSPS) is 19.8. The number of nitrogens with two attached hydrogens (primary N) is 1. The lowest BCUT2D eigenvalue weighted by Crippen LogP contribution is -2.58. The largest absolute Gasteiger partial charge is 0.384 e. The van der Waals surface area contributed by atoms with Crippen LogP contribution >= 0.6 is 0 Å². The predicted octanol–water partition coefficient (Wildman–Crippen LogP) is 0.896. The van der Waals surface area contributed by atoms with Gasteiger partial charge >= 0.3 is 0 Å². The number of amidine groups is 1. The number of aromatic nitrogens is 1. The number of hydrogen-bond donors (Lipinski definition) is 2. The van der Waals surface area contributed by atoms with Gasteiger partial charge in [-0.15, -0.1) is 0 Å². The molecule has 5 heteroatoms. The minimum atomic E-state index is 0.0786. The van der Waals surface area contributed by atoms with Crippen LogP contribution in [-0.2, 0) is 0 Å². The zero-order chi connectivity index (χ0) is 13.3. The number of likely N-dealkylation sites (N-methyl/N-ethyl adjacent to an activating group) is 1. The van der Waals surface area contributed by atoms with Gasteiger partial charge in [-0.25, -0.2) is 4.98 Å². The lowest BCUT2D eigenvalue weighted by molar-refractivity contribution is 0.138. The molecule has 98 valence electrons. The summed E-state index contributed by atoms with van der Waals surface area (Å²) in [5.74, 6) is 0.904. The summed E-state index contributed by atoms with van der Waals surface area (Å²) in [6.45, 7) is 7.23. The van der Waals surface area contributed by atoms with Crippen LogP contribution in [0.1, 0.15) is 19.4 Å². The first kappa shape index (κ1) is 12.8. The Morgan fingerprint density at radius 1 is 1.44 bits per heavy atom. The average molecular weight is 247 g/mol. The van der Waals surface area contributed by atoms with Crippen molar-refractivity contribution in [2.24, 2.45) is 5.73 Å². The zero-order valence-corrected chi connectivity index (χ0v) is 11.3. The lowest BCUT2D eigenvalue weighted by atomic mass is 9.99. The second kappa shape index (κ2) is 4.57. The summed E-state index contributed by atoms with van der Waals surface area (Å²) in [6.07, 6.45) is 1.76. The summed E-state index contributed by atoms with van der Waals surface area (Å²) in [5, 5.41) is 7.63. The number of piperazine rings is 1. The van der Waals surface area contributed by atoms with E-state index in [1.54, 1.807) is 6.20 Å². The van der Waals surface area contributed by atoms with Gasteiger partial charge in [0.2, 0.25) is 0 Å². The van der Waals surface area contributed by atoms with E-state index in [0.29, 0.717) is 0 Å². The Labute approximate surface area is 108 Å². The molecular formula is C13H21N5. The molecule has 0 unspecified atom stereocenters. The molecule has 0 aromatic carbocycles. The monoisotopic (exact) mass is 247 g/mol. The number of hydrogen-bond acceptors (Lipinski definition) is 4. The van der Waals surface area contributed by atoms with E-state index in [2.05, 4.69) is 35.7 Å². The Morgan fingerprint density at radius 3 is 2.78 bits per heavy atom. The molecule has 1 aliphatic rings. The van der Waals surface area contributed by atoms with Gasteiger partial charge in [0.15, 0.2) is 0 Å². The summed E-state index contributed by atoms with van der Waals surface area (Å²) in [6, 6.07) is 3.68. The topological polar surface area (TPSA) is 69.2 Å². The number of nitrogens with zero attached hydrogens (tertiary/aromatic N) is 3. The summed E-state index contributed by atoms with van der Waals surface area (Å²) >= 11 is 0. The van der Waals surface area contributed by atoms with E-state index in [1.807, 2.05) is 12.1 Å². The van der Waals surface area contributed by atoms with Crippen LogP contribution in [0.4, 0.5) is 5.82 Å². The smallest absolute Gasteiger partial charge is 0.139 e. The maximum absolute atomic E-state index is 7.63. The number of rotatable bonds is 2. The van der Waals surface area contributed by atoms with Gasteiger partial charge in [-0.2, -0.15) is 0 Å². The molecule has 1 aromatic rings. The Bertz CT molecular complexity index is 454. The van der Waals surface area contributed by atoms with Gasteiger partial charge in [0, 0.05) is 31.4 Å². The van der Waals surface area contributed by atoms with Crippen LogP contribution in [0, 0.1) is 5.41 Å². The fourth-order valence-corrected chi connectivity index (χ4v) is 2.28. The first-order valence-corrected chi connectivity index (χ1v) is 6.17. The molecule has 0 bridgehead atoms. The van der Waals surface area contributed by atoms with Crippen molar-refractivity contribution in [1.29, 1.82) is 5.41 Å². The first-order valence-electron chi connectivity index (χ1n) is 6.17.